The van der Waals surface area contributed by atoms with E-state index < -0.39 is 0 Å². The zero-order valence-electron chi connectivity index (χ0n) is 6.63. The Bertz CT molecular complexity index is 179. The Labute approximate surface area is 60.9 Å². The van der Waals surface area contributed by atoms with Gasteiger partial charge in [-0.3, -0.25) is 5.10 Å². The molecule has 0 amide bonds. The molecule has 3 nitrogen and oxygen atoms in total. The van der Waals surface area contributed by atoms with Gasteiger partial charge in [0.05, 0.1) is 0 Å². The molecule has 10 heavy (non-hydrogen) atoms. The maximum Gasteiger partial charge on any atom is 0.137 e. The van der Waals surface area contributed by atoms with Crippen molar-refractivity contribution in [2.75, 3.05) is 0 Å². The molecular weight excluding hydrogens is 126 g/mol. The lowest BCUT2D eigenvalue weighted by atomic mass is 9.98. The van der Waals surface area contributed by atoms with Gasteiger partial charge in [-0.25, -0.2) is 4.98 Å². The topological polar surface area (TPSA) is 41.6 Å². The predicted octanol–water partition coefficient (Wildman–Crippen LogP) is 1.56. The average Bonchev–Trinajstić information content (AvgIpc) is 2.36. The lowest BCUT2D eigenvalue weighted by molar-refractivity contribution is 0.512. The number of hydrogen-bond donors (Lipinski definition) is 1. The molecule has 0 saturated carbocycles. The van der Waals surface area contributed by atoms with E-state index in [9.17, 15) is 0 Å². The van der Waals surface area contributed by atoms with E-state index in [0.717, 1.165) is 5.82 Å². The fraction of sp³-hybridized carbons (Fsp3) is 0.714. The Morgan fingerprint density at radius 2 is 2.10 bits per heavy atom. The number of rotatable bonds is 2. The number of hydrogen-bond acceptors (Lipinski definition) is 2. The van der Waals surface area contributed by atoms with Crippen LogP contribution in [0.25, 0.3) is 0 Å². The van der Waals surface area contributed by atoms with Crippen LogP contribution in [-0.2, 0) is 0 Å². The monoisotopic (exact) mass is 139 g/mol. The molecule has 0 aliphatic rings. The van der Waals surface area contributed by atoms with Crippen molar-refractivity contribution in [3.63, 3.8) is 0 Å². The van der Waals surface area contributed by atoms with Gasteiger partial charge in [-0.05, 0) is 5.92 Å². The molecule has 1 atom stereocenters. The number of H-pyrrole nitrogens is 1. The molecule has 0 aromatic carbocycles. The quantitative estimate of drug-likeness (QED) is 0.675. The van der Waals surface area contributed by atoms with Crippen LogP contribution in [0.2, 0.25) is 0 Å². The normalized spacial score (nSPS) is 14.0. The predicted molar refractivity (Wildman–Crippen MR) is 39.6 cm³/mol. The van der Waals surface area contributed by atoms with Gasteiger partial charge in [0.1, 0.15) is 12.2 Å². The van der Waals surface area contributed by atoms with Crippen LogP contribution >= 0.6 is 0 Å². The summed E-state index contributed by atoms with van der Waals surface area (Å²) >= 11 is 0. The first-order valence-corrected chi connectivity index (χ1v) is 3.57. The summed E-state index contributed by atoms with van der Waals surface area (Å²) in [5.74, 6) is 2.07. The third-order valence-electron chi connectivity index (χ3n) is 1.86. The van der Waals surface area contributed by atoms with Gasteiger partial charge in [0.15, 0.2) is 0 Å². The van der Waals surface area contributed by atoms with Crippen molar-refractivity contribution in [1.82, 2.24) is 15.2 Å². The van der Waals surface area contributed by atoms with Crippen molar-refractivity contribution in [1.29, 1.82) is 0 Å². The summed E-state index contributed by atoms with van der Waals surface area (Å²) in [7, 11) is 0. The third-order valence-corrected chi connectivity index (χ3v) is 1.86. The van der Waals surface area contributed by atoms with E-state index in [1.165, 1.54) is 0 Å². The van der Waals surface area contributed by atoms with E-state index in [-0.39, 0.29) is 0 Å². The molecule has 0 bridgehead atoms. The van der Waals surface area contributed by atoms with Crippen LogP contribution in [0.3, 0.4) is 0 Å². The Hall–Kier alpha value is -0.860. The summed E-state index contributed by atoms with van der Waals surface area (Å²) in [6.45, 7) is 6.49. The van der Waals surface area contributed by atoms with E-state index in [0.29, 0.717) is 11.8 Å². The minimum atomic E-state index is 0.475. The molecule has 1 rings (SSSR count). The fourth-order valence-electron chi connectivity index (χ4n) is 0.750. The van der Waals surface area contributed by atoms with Crippen LogP contribution in [0, 0.1) is 5.92 Å². The molecule has 1 aromatic heterocycles. The molecule has 0 fully saturated rings. The summed E-state index contributed by atoms with van der Waals surface area (Å²) in [5, 5.41) is 6.65. The summed E-state index contributed by atoms with van der Waals surface area (Å²) in [6.07, 6.45) is 1.55. The minimum Gasteiger partial charge on any atom is -0.263 e. The highest BCUT2D eigenvalue weighted by molar-refractivity contribution is 4.91. The molecule has 56 valence electrons. The lowest BCUT2D eigenvalue weighted by Gasteiger charge is -2.10. The highest BCUT2D eigenvalue weighted by Gasteiger charge is 2.11. The Morgan fingerprint density at radius 1 is 1.40 bits per heavy atom. The van der Waals surface area contributed by atoms with Crippen LogP contribution in [0.15, 0.2) is 6.33 Å². The van der Waals surface area contributed by atoms with Crippen LogP contribution in [-0.4, -0.2) is 15.2 Å². The van der Waals surface area contributed by atoms with Crippen LogP contribution in [0.5, 0.6) is 0 Å². The standard InChI is InChI=1S/C7H13N3/c1-5(2)6(3)7-8-4-9-10-7/h4-6H,1-3H3,(H,8,9,10)/t6-/m1/s1. The minimum absolute atomic E-state index is 0.475. The van der Waals surface area contributed by atoms with Crippen molar-refractivity contribution in [2.24, 2.45) is 5.92 Å². The van der Waals surface area contributed by atoms with Gasteiger partial charge < -0.3 is 0 Å². The number of nitrogens with zero attached hydrogens (tertiary/aromatic N) is 2. The Balaban J connectivity index is 2.68. The number of aromatic nitrogens is 3. The average molecular weight is 139 g/mol. The molecule has 0 saturated heterocycles. The van der Waals surface area contributed by atoms with Crippen LogP contribution in [0.4, 0.5) is 0 Å². The second kappa shape index (κ2) is 2.82. The first-order valence-electron chi connectivity index (χ1n) is 3.57. The first kappa shape index (κ1) is 7.25. The van der Waals surface area contributed by atoms with E-state index in [2.05, 4.69) is 36.0 Å². The van der Waals surface area contributed by atoms with Crippen molar-refractivity contribution < 1.29 is 0 Å². The molecule has 1 N–H and O–H groups in total. The Morgan fingerprint density at radius 3 is 2.50 bits per heavy atom. The van der Waals surface area contributed by atoms with Crippen molar-refractivity contribution in [3.05, 3.63) is 12.2 Å². The molecular formula is C7H13N3. The van der Waals surface area contributed by atoms with E-state index >= 15 is 0 Å². The van der Waals surface area contributed by atoms with Gasteiger partial charge >= 0.3 is 0 Å². The summed E-state index contributed by atoms with van der Waals surface area (Å²) in [6, 6.07) is 0. The highest BCUT2D eigenvalue weighted by atomic mass is 15.2. The van der Waals surface area contributed by atoms with Gasteiger partial charge in [-0.15, -0.1) is 0 Å². The molecule has 3 heteroatoms. The Kier molecular flexibility index (Phi) is 2.04. The second-order valence-electron chi connectivity index (χ2n) is 2.90. The summed E-state index contributed by atoms with van der Waals surface area (Å²) in [5.41, 5.74) is 0. The molecule has 1 aromatic rings. The summed E-state index contributed by atoms with van der Waals surface area (Å²) < 4.78 is 0. The number of nitrogens with one attached hydrogen (secondary N) is 1. The zero-order valence-corrected chi connectivity index (χ0v) is 6.63. The van der Waals surface area contributed by atoms with Gasteiger partial charge in [0.25, 0.3) is 0 Å². The highest BCUT2D eigenvalue weighted by Crippen LogP contribution is 2.18. The summed E-state index contributed by atoms with van der Waals surface area (Å²) in [4.78, 5) is 4.07. The van der Waals surface area contributed by atoms with Crippen molar-refractivity contribution in [3.8, 4) is 0 Å². The van der Waals surface area contributed by atoms with Gasteiger partial charge in [0, 0.05) is 5.92 Å². The third kappa shape index (κ3) is 1.35. The van der Waals surface area contributed by atoms with E-state index in [4.69, 9.17) is 0 Å². The molecule has 0 unspecified atom stereocenters. The zero-order chi connectivity index (χ0) is 7.56. The van der Waals surface area contributed by atoms with Crippen LogP contribution < -0.4 is 0 Å². The number of aromatic amines is 1. The van der Waals surface area contributed by atoms with E-state index in [1.807, 2.05) is 0 Å². The second-order valence-corrected chi connectivity index (χ2v) is 2.90. The van der Waals surface area contributed by atoms with Crippen LogP contribution in [0.1, 0.15) is 32.5 Å². The van der Waals surface area contributed by atoms with Gasteiger partial charge in [0.2, 0.25) is 0 Å². The molecule has 0 aliphatic heterocycles. The molecule has 0 radical (unpaired) electrons. The first-order chi connectivity index (χ1) is 4.72. The fourth-order valence-corrected chi connectivity index (χ4v) is 0.750. The van der Waals surface area contributed by atoms with Crippen molar-refractivity contribution in [2.45, 2.75) is 26.7 Å². The smallest absolute Gasteiger partial charge is 0.137 e. The molecule has 0 spiro atoms. The van der Waals surface area contributed by atoms with Crippen molar-refractivity contribution >= 4 is 0 Å². The lowest BCUT2D eigenvalue weighted by Crippen LogP contribution is -2.03. The maximum atomic E-state index is 4.07. The van der Waals surface area contributed by atoms with Gasteiger partial charge in [-0.1, -0.05) is 20.8 Å². The largest absolute Gasteiger partial charge is 0.263 e. The van der Waals surface area contributed by atoms with Gasteiger partial charge in [-0.2, -0.15) is 5.10 Å². The molecule has 0 aliphatic carbocycles. The SMILES string of the molecule is CC(C)[C@@H](C)c1ncn[nH]1. The maximum absolute atomic E-state index is 4.07. The van der Waals surface area contributed by atoms with E-state index in [1.54, 1.807) is 6.33 Å². The molecule has 1 heterocycles.